The Morgan fingerprint density at radius 3 is 2.81 bits per heavy atom. The predicted octanol–water partition coefficient (Wildman–Crippen LogP) is 1.84. The number of hydrogen-bond donors (Lipinski definition) is 2. The molecule has 1 heterocycles. The molecule has 9 heteroatoms. The molecular weight excluding hydrogens is 362 g/mol. The van der Waals surface area contributed by atoms with E-state index in [2.05, 4.69) is 25.8 Å². The topological polar surface area (TPSA) is 101 Å². The minimum Gasteiger partial charge on any atom is -0.480 e. The zero-order valence-corrected chi connectivity index (χ0v) is 13.3. The van der Waals surface area contributed by atoms with Crippen LogP contribution in [0, 0.1) is 6.92 Å². The molecule has 112 valence electrons. The first-order valence-electron chi connectivity index (χ1n) is 5.81. The number of aryl methyl sites for hydroxylation is 1. The Morgan fingerprint density at radius 1 is 1.48 bits per heavy atom. The number of nitrogens with one attached hydrogen (secondary N) is 1. The quantitative estimate of drug-likeness (QED) is 0.832. The summed E-state index contributed by atoms with van der Waals surface area (Å²) in [7, 11) is -3.74. The van der Waals surface area contributed by atoms with Crippen molar-refractivity contribution < 1.29 is 18.3 Å². The molecule has 0 fully saturated rings. The van der Waals surface area contributed by atoms with Gasteiger partial charge in [0.2, 0.25) is 0 Å². The van der Waals surface area contributed by atoms with Crippen molar-refractivity contribution in [1.82, 2.24) is 9.78 Å². The van der Waals surface area contributed by atoms with Gasteiger partial charge in [0.25, 0.3) is 10.0 Å². The average molecular weight is 374 g/mol. The van der Waals surface area contributed by atoms with Crippen LogP contribution in [-0.2, 0) is 21.4 Å². The number of hydrogen-bond acceptors (Lipinski definition) is 4. The van der Waals surface area contributed by atoms with Crippen molar-refractivity contribution in [2.24, 2.45) is 0 Å². The highest BCUT2D eigenvalue weighted by Crippen LogP contribution is 2.21. The van der Waals surface area contributed by atoms with Gasteiger partial charge in [0.05, 0.1) is 16.8 Å². The molecule has 0 aliphatic rings. The lowest BCUT2D eigenvalue weighted by atomic mass is 10.2. The van der Waals surface area contributed by atoms with E-state index in [4.69, 9.17) is 5.11 Å². The summed E-state index contributed by atoms with van der Waals surface area (Å²) in [5, 5.41) is 12.4. The number of sulfonamides is 1. The number of nitrogens with zero attached hydrogens (tertiary/aromatic N) is 2. The minimum atomic E-state index is -3.74. The van der Waals surface area contributed by atoms with Gasteiger partial charge in [0, 0.05) is 10.7 Å². The fourth-order valence-corrected chi connectivity index (χ4v) is 3.00. The van der Waals surface area contributed by atoms with Crippen LogP contribution < -0.4 is 4.72 Å². The minimum absolute atomic E-state index is 0.120. The van der Waals surface area contributed by atoms with Crippen LogP contribution in [0.2, 0.25) is 0 Å². The van der Waals surface area contributed by atoms with Crippen LogP contribution >= 0.6 is 15.9 Å². The molecule has 0 amide bonds. The zero-order valence-electron chi connectivity index (χ0n) is 10.9. The Bertz CT molecular complexity index is 786. The van der Waals surface area contributed by atoms with E-state index in [0.717, 1.165) is 14.7 Å². The number of aliphatic carboxylic acids is 1. The molecule has 2 rings (SSSR count). The van der Waals surface area contributed by atoms with E-state index >= 15 is 0 Å². The summed E-state index contributed by atoms with van der Waals surface area (Å²) in [5.41, 5.74) is 0.997. The molecule has 0 atom stereocenters. The Morgan fingerprint density at radius 2 is 2.19 bits per heavy atom. The fraction of sp³-hybridized carbons (Fsp3) is 0.167. The maximum Gasteiger partial charge on any atom is 0.325 e. The van der Waals surface area contributed by atoms with Crippen LogP contribution in [0.25, 0.3) is 0 Å². The third-order valence-corrected chi connectivity index (χ3v) is 4.89. The van der Waals surface area contributed by atoms with Gasteiger partial charge in [-0.3, -0.25) is 14.2 Å². The summed E-state index contributed by atoms with van der Waals surface area (Å²) < 4.78 is 28.7. The van der Waals surface area contributed by atoms with E-state index < -0.39 is 16.0 Å². The molecule has 7 nitrogen and oxygen atoms in total. The first-order chi connectivity index (χ1) is 9.78. The Hall–Kier alpha value is -1.87. The summed E-state index contributed by atoms with van der Waals surface area (Å²) in [5.74, 6) is -1.06. The second-order valence-corrected chi connectivity index (χ2v) is 6.87. The van der Waals surface area contributed by atoms with Gasteiger partial charge < -0.3 is 5.11 Å². The number of carbonyl (C=O) groups is 1. The van der Waals surface area contributed by atoms with Gasteiger partial charge in [0.1, 0.15) is 6.54 Å². The summed E-state index contributed by atoms with van der Waals surface area (Å²) in [6, 6.07) is 4.66. The van der Waals surface area contributed by atoms with Crippen molar-refractivity contribution in [3.8, 4) is 0 Å². The lowest BCUT2D eigenvalue weighted by Gasteiger charge is -2.07. The number of benzene rings is 1. The lowest BCUT2D eigenvalue weighted by Crippen LogP contribution is -2.13. The predicted molar refractivity (Wildman–Crippen MR) is 79.6 cm³/mol. The van der Waals surface area contributed by atoms with E-state index in [1.54, 1.807) is 13.0 Å². The number of halogens is 1. The molecule has 0 unspecified atom stereocenters. The number of carboxylic acids is 1. The molecule has 0 spiro atoms. The molecule has 0 aliphatic carbocycles. The fourth-order valence-electron chi connectivity index (χ4n) is 1.64. The molecule has 2 N–H and O–H groups in total. The van der Waals surface area contributed by atoms with Crippen molar-refractivity contribution in [1.29, 1.82) is 0 Å². The van der Waals surface area contributed by atoms with Crippen LogP contribution in [0.15, 0.2) is 40.0 Å². The van der Waals surface area contributed by atoms with Crippen molar-refractivity contribution in [2.45, 2.75) is 18.4 Å². The third-order valence-electron chi connectivity index (χ3n) is 2.62. The largest absolute Gasteiger partial charge is 0.480 e. The Labute approximate surface area is 129 Å². The van der Waals surface area contributed by atoms with E-state index in [0.29, 0.717) is 0 Å². The molecule has 0 aliphatic heterocycles. The monoisotopic (exact) mass is 373 g/mol. The van der Waals surface area contributed by atoms with E-state index in [1.165, 1.54) is 24.5 Å². The van der Waals surface area contributed by atoms with E-state index in [-0.39, 0.29) is 17.1 Å². The van der Waals surface area contributed by atoms with Gasteiger partial charge in [-0.2, -0.15) is 5.10 Å². The number of carboxylic acid groups (broad SMARTS) is 1. The van der Waals surface area contributed by atoms with E-state index in [9.17, 15) is 13.2 Å². The van der Waals surface area contributed by atoms with Crippen LogP contribution in [0.1, 0.15) is 5.56 Å². The highest BCUT2D eigenvalue weighted by atomic mass is 79.9. The van der Waals surface area contributed by atoms with Crippen LogP contribution in [-0.4, -0.2) is 29.3 Å². The van der Waals surface area contributed by atoms with Crippen LogP contribution in [0.3, 0.4) is 0 Å². The SMILES string of the molecule is Cc1cc(S(=O)(=O)Nc2cnn(CC(=O)O)c2)ccc1Br. The highest BCUT2D eigenvalue weighted by Gasteiger charge is 2.16. The van der Waals surface area contributed by atoms with Crippen LogP contribution in [0.4, 0.5) is 5.69 Å². The summed E-state index contributed by atoms with van der Waals surface area (Å²) in [4.78, 5) is 10.7. The third kappa shape index (κ3) is 3.82. The zero-order chi connectivity index (χ0) is 15.6. The lowest BCUT2D eigenvalue weighted by molar-refractivity contribution is -0.137. The van der Waals surface area contributed by atoms with Crippen molar-refractivity contribution in [2.75, 3.05) is 4.72 Å². The molecule has 0 radical (unpaired) electrons. The van der Waals surface area contributed by atoms with Gasteiger partial charge in [-0.1, -0.05) is 15.9 Å². The van der Waals surface area contributed by atoms with Crippen molar-refractivity contribution in [3.63, 3.8) is 0 Å². The van der Waals surface area contributed by atoms with E-state index in [1.807, 2.05) is 0 Å². The maximum absolute atomic E-state index is 12.2. The van der Waals surface area contributed by atoms with Gasteiger partial charge in [-0.25, -0.2) is 8.42 Å². The van der Waals surface area contributed by atoms with Crippen LogP contribution in [0.5, 0.6) is 0 Å². The summed E-state index contributed by atoms with van der Waals surface area (Å²) in [6.45, 7) is 1.45. The van der Waals surface area contributed by atoms with Crippen molar-refractivity contribution in [3.05, 3.63) is 40.6 Å². The molecule has 21 heavy (non-hydrogen) atoms. The molecule has 1 aromatic heterocycles. The first kappa shape index (κ1) is 15.5. The number of anilines is 1. The standard InChI is InChI=1S/C12H12BrN3O4S/c1-8-4-10(2-3-11(8)13)21(19,20)15-9-5-14-16(6-9)7-12(17)18/h2-6,15H,7H2,1H3,(H,17,18). The maximum atomic E-state index is 12.2. The summed E-state index contributed by atoms with van der Waals surface area (Å²) in [6.07, 6.45) is 2.57. The molecule has 1 aromatic carbocycles. The number of aromatic nitrogens is 2. The second kappa shape index (κ2) is 5.86. The second-order valence-electron chi connectivity index (χ2n) is 4.34. The molecule has 2 aromatic rings. The average Bonchev–Trinajstić information content (AvgIpc) is 2.78. The summed E-state index contributed by atoms with van der Waals surface area (Å²) >= 11 is 3.30. The molecule has 0 bridgehead atoms. The van der Waals surface area contributed by atoms with Gasteiger partial charge in [0.15, 0.2) is 0 Å². The number of rotatable bonds is 5. The molecule has 0 saturated heterocycles. The Kier molecular flexibility index (Phi) is 4.33. The van der Waals surface area contributed by atoms with Gasteiger partial charge in [-0.05, 0) is 30.7 Å². The van der Waals surface area contributed by atoms with Gasteiger partial charge in [-0.15, -0.1) is 0 Å². The first-order valence-corrected chi connectivity index (χ1v) is 8.09. The highest BCUT2D eigenvalue weighted by molar-refractivity contribution is 9.10. The molecule has 0 saturated carbocycles. The Balaban J connectivity index is 2.22. The normalized spacial score (nSPS) is 11.3. The smallest absolute Gasteiger partial charge is 0.325 e. The molecular formula is C12H12BrN3O4S. The van der Waals surface area contributed by atoms with Crippen molar-refractivity contribution >= 4 is 37.6 Å². The van der Waals surface area contributed by atoms with Gasteiger partial charge >= 0.3 is 5.97 Å².